The minimum atomic E-state index is -5.04. The summed E-state index contributed by atoms with van der Waals surface area (Å²) >= 11 is 0. The molecular formula is C24H21N5O11S3. The van der Waals surface area contributed by atoms with Gasteiger partial charge in [0.1, 0.15) is 38.4 Å². The lowest BCUT2D eigenvalue weighted by Gasteiger charge is -2.12. The first-order chi connectivity index (χ1) is 19.9. The number of phenols is 1. The molecule has 0 spiro atoms. The Hall–Kier alpha value is -4.53. The van der Waals surface area contributed by atoms with E-state index in [1.165, 1.54) is 37.4 Å². The standard InChI is InChI=1S/C24H21N5O11S3/c1-12-7-17(20(40-2)10-16(12)27-26-15-5-3-4-6-21(15)42(34,35)36)28-29-18-11-22(43(37,38)39)14-8-13(41(31,32)33)9-19(30)23(14)24(18)25/h3-11,30H,25H2,1-2H3,(H,31,32,33)(H,34,35,36)(H,37,38,39)/b27-26+,29-28+. The van der Waals surface area contributed by atoms with Gasteiger partial charge in [0, 0.05) is 17.5 Å². The minimum absolute atomic E-state index is 0.0798. The maximum absolute atomic E-state index is 12.1. The number of nitrogens with zero attached hydrogens (tertiary/aromatic N) is 4. The van der Waals surface area contributed by atoms with Gasteiger partial charge < -0.3 is 15.6 Å². The fraction of sp³-hybridized carbons (Fsp3) is 0.0833. The molecule has 0 fully saturated rings. The summed E-state index contributed by atoms with van der Waals surface area (Å²) in [5.74, 6) is -0.746. The van der Waals surface area contributed by atoms with E-state index in [0.717, 1.165) is 12.1 Å². The van der Waals surface area contributed by atoms with Crippen molar-refractivity contribution in [1.29, 1.82) is 0 Å². The van der Waals surface area contributed by atoms with Crippen LogP contribution in [-0.4, -0.2) is 51.1 Å². The van der Waals surface area contributed by atoms with Crippen molar-refractivity contribution in [1.82, 2.24) is 0 Å². The molecule has 0 aliphatic heterocycles. The molecule has 0 aliphatic carbocycles. The highest BCUT2D eigenvalue weighted by molar-refractivity contribution is 7.86. The Kier molecular flexibility index (Phi) is 8.24. The molecule has 19 heteroatoms. The normalized spacial score (nSPS) is 12.9. The molecule has 0 aromatic heterocycles. The van der Waals surface area contributed by atoms with Crippen molar-refractivity contribution in [2.24, 2.45) is 20.5 Å². The predicted octanol–water partition coefficient (Wildman–Crippen LogP) is 5.02. The summed E-state index contributed by atoms with van der Waals surface area (Å²) in [5, 5.41) is 25.5. The van der Waals surface area contributed by atoms with Gasteiger partial charge in [0.15, 0.2) is 0 Å². The second-order valence-electron chi connectivity index (χ2n) is 8.78. The van der Waals surface area contributed by atoms with E-state index in [9.17, 15) is 44.0 Å². The number of benzene rings is 4. The Bertz CT molecular complexity index is 2180. The summed E-state index contributed by atoms with van der Waals surface area (Å²) in [6.07, 6.45) is 0. The van der Waals surface area contributed by atoms with E-state index < -0.39 is 56.2 Å². The molecule has 6 N–H and O–H groups in total. The molecule has 4 aromatic rings. The van der Waals surface area contributed by atoms with E-state index in [0.29, 0.717) is 17.7 Å². The largest absolute Gasteiger partial charge is 0.507 e. The number of azo groups is 2. The number of aromatic hydroxyl groups is 1. The average molecular weight is 652 g/mol. The van der Waals surface area contributed by atoms with Gasteiger partial charge in [-0.25, -0.2) is 0 Å². The molecule has 0 bridgehead atoms. The van der Waals surface area contributed by atoms with Gasteiger partial charge in [0.05, 0.1) is 28.8 Å². The highest BCUT2D eigenvalue weighted by Crippen LogP contribution is 2.43. The van der Waals surface area contributed by atoms with Crippen LogP contribution in [0.2, 0.25) is 0 Å². The van der Waals surface area contributed by atoms with Gasteiger partial charge in [0.2, 0.25) is 0 Å². The number of methoxy groups -OCH3 is 1. The number of hydrogen-bond acceptors (Lipinski definition) is 13. The first-order valence-electron chi connectivity index (χ1n) is 11.5. The van der Waals surface area contributed by atoms with Gasteiger partial charge in [0.25, 0.3) is 30.4 Å². The minimum Gasteiger partial charge on any atom is -0.507 e. The quantitative estimate of drug-likeness (QED) is 0.0955. The maximum Gasteiger partial charge on any atom is 0.296 e. The van der Waals surface area contributed by atoms with Crippen LogP contribution >= 0.6 is 0 Å². The third-order valence-corrected chi connectivity index (χ3v) is 8.54. The SMILES string of the molecule is COc1cc(/N=N/c2ccccc2S(=O)(=O)O)c(C)cc1/N=N/c1cc(S(=O)(=O)O)c2cc(S(=O)(=O)O)cc(O)c2c1N. The fourth-order valence-corrected chi connectivity index (χ4v) is 5.77. The Morgan fingerprint density at radius 1 is 0.698 bits per heavy atom. The first kappa shape index (κ1) is 31.4. The molecule has 0 radical (unpaired) electrons. The van der Waals surface area contributed by atoms with Gasteiger partial charge in [-0.3, -0.25) is 13.7 Å². The second kappa shape index (κ2) is 11.3. The second-order valence-corrected chi connectivity index (χ2v) is 13.0. The molecule has 0 heterocycles. The van der Waals surface area contributed by atoms with Crippen molar-refractivity contribution >= 4 is 69.6 Å². The summed E-state index contributed by atoms with van der Waals surface area (Å²) in [7, 11) is -13.2. The van der Waals surface area contributed by atoms with Crippen LogP contribution < -0.4 is 10.5 Å². The lowest BCUT2D eigenvalue weighted by molar-refractivity contribution is 0.416. The van der Waals surface area contributed by atoms with Crippen LogP contribution in [0.4, 0.5) is 28.4 Å². The van der Waals surface area contributed by atoms with Gasteiger partial charge >= 0.3 is 0 Å². The highest BCUT2D eigenvalue weighted by atomic mass is 32.2. The van der Waals surface area contributed by atoms with Crippen LogP contribution in [0.5, 0.6) is 11.5 Å². The fourth-order valence-electron chi connectivity index (χ4n) is 3.92. The highest BCUT2D eigenvalue weighted by Gasteiger charge is 2.24. The molecule has 0 aliphatic rings. The Balaban J connectivity index is 1.82. The van der Waals surface area contributed by atoms with E-state index in [2.05, 4.69) is 20.5 Å². The summed E-state index contributed by atoms with van der Waals surface area (Å²) < 4.78 is 105. The topological polar surface area (TPSA) is 268 Å². The van der Waals surface area contributed by atoms with Gasteiger partial charge in [-0.15, -0.1) is 15.3 Å². The number of fused-ring (bicyclic) bond motifs is 1. The zero-order chi connectivity index (χ0) is 31.9. The lowest BCUT2D eigenvalue weighted by Crippen LogP contribution is -2.04. The number of rotatable bonds is 8. The van der Waals surface area contributed by atoms with Crippen molar-refractivity contribution in [2.75, 3.05) is 12.8 Å². The smallest absolute Gasteiger partial charge is 0.296 e. The molecule has 43 heavy (non-hydrogen) atoms. The monoisotopic (exact) mass is 651 g/mol. The van der Waals surface area contributed by atoms with Gasteiger partial charge in [-0.2, -0.15) is 30.4 Å². The lowest BCUT2D eigenvalue weighted by atomic mass is 10.1. The molecule has 226 valence electrons. The van der Waals surface area contributed by atoms with Crippen LogP contribution in [0.3, 0.4) is 0 Å². The molecule has 0 saturated heterocycles. The van der Waals surface area contributed by atoms with Crippen molar-refractivity contribution in [3.8, 4) is 11.5 Å². The average Bonchev–Trinajstić information content (AvgIpc) is 2.90. The first-order valence-corrected chi connectivity index (χ1v) is 15.9. The number of ether oxygens (including phenoxy) is 1. The third-order valence-electron chi connectivity index (χ3n) is 5.92. The van der Waals surface area contributed by atoms with Gasteiger partial charge in [-0.1, -0.05) is 12.1 Å². The van der Waals surface area contributed by atoms with Crippen LogP contribution in [0.1, 0.15) is 5.56 Å². The Labute approximate surface area is 244 Å². The van der Waals surface area contributed by atoms with Crippen LogP contribution in [-0.2, 0) is 30.4 Å². The summed E-state index contributed by atoms with van der Waals surface area (Å²) in [6.45, 7) is 1.60. The zero-order valence-corrected chi connectivity index (χ0v) is 24.4. The predicted molar refractivity (Wildman–Crippen MR) is 152 cm³/mol. The molecule has 0 saturated carbocycles. The van der Waals surface area contributed by atoms with Crippen molar-refractivity contribution < 1.29 is 48.8 Å². The van der Waals surface area contributed by atoms with Crippen molar-refractivity contribution in [2.45, 2.75) is 21.6 Å². The number of nitrogens with two attached hydrogens (primary N) is 1. The summed E-state index contributed by atoms with van der Waals surface area (Å²) in [6, 6.07) is 10.3. The number of phenolic OH excluding ortho intramolecular Hbond substituents is 1. The van der Waals surface area contributed by atoms with E-state index in [4.69, 9.17) is 10.5 Å². The van der Waals surface area contributed by atoms with Gasteiger partial charge in [-0.05, 0) is 42.8 Å². The summed E-state index contributed by atoms with van der Waals surface area (Å²) in [4.78, 5) is -2.18. The summed E-state index contributed by atoms with van der Waals surface area (Å²) in [5.41, 5.74) is 6.03. The molecular weight excluding hydrogens is 630 g/mol. The number of hydrogen-bond donors (Lipinski definition) is 5. The van der Waals surface area contributed by atoms with E-state index >= 15 is 0 Å². The van der Waals surface area contributed by atoms with Crippen molar-refractivity contribution in [3.63, 3.8) is 0 Å². The van der Waals surface area contributed by atoms with E-state index in [1.807, 2.05) is 0 Å². The molecule has 0 atom stereocenters. The van der Waals surface area contributed by atoms with E-state index in [1.54, 1.807) is 6.92 Å². The molecule has 0 unspecified atom stereocenters. The molecule has 16 nitrogen and oxygen atoms in total. The number of aryl methyl sites for hydroxylation is 1. The number of nitrogen functional groups attached to an aromatic ring is 1. The zero-order valence-electron chi connectivity index (χ0n) is 21.9. The molecule has 0 amide bonds. The molecule has 4 rings (SSSR count). The van der Waals surface area contributed by atoms with E-state index in [-0.39, 0.29) is 39.6 Å². The third kappa shape index (κ3) is 6.61. The Morgan fingerprint density at radius 3 is 1.88 bits per heavy atom. The Morgan fingerprint density at radius 2 is 1.28 bits per heavy atom. The van der Waals surface area contributed by atoms with Crippen molar-refractivity contribution in [3.05, 3.63) is 60.2 Å². The maximum atomic E-state index is 12.1. The van der Waals surface area contributed by atoms with Crippen LogP contribution in [0, 0.1) is 6.92 Å². The van der Waals surface area contributed by atoms with Crippen LogP contribution in [0.25, 0.3) is 10.8 Å². The number of anilines is 1. The van der Waals surface area contributed by atoms with Crippen LogP contribution in [0.15, 0.2) is 89.7 Å². The molecule has 4 aromatic carbocycles.